The lowest BCUT2D eigenvalue weighted by Crippen LogP contribution is -1.95. The Hall–Kier alpha value is -2.17. The lowest BCUT2D eigenvalue weighted by molar-refractivity contribution is 0.416. The Bertz CT molecular complexity index is 837. The molecule has 3 aromatic rings. The highest BCUT2D eigenvalue weighted by atomic mass is 32.1. The zero-order valence-electron chi connectivity index (χ0n) is 14.3. The van der Waals surface area contributed by atoms with Crippen molar-refractivity contribution in [1.82, 2.24) is 4.98 Å². The standard InChI is InChI=1S/C20H22N2OS/c1-4-14-7-10-18(23-3)17(11-14)19-13(2)24-20(22-19)16-8-5-15(12-21)6-9-16/h5-11H,4,12,21H2,1-3H3. The zero-order valence-corrected chi connectivity index (χ0v) is 15.1. The second-order valence-corrected chi connectivity index (χ2v) is 6.92. The van der Waals surface area contributed by atoms with E-state index in [9.17, 15) is 0 Å². The number of benzene rings is 2. The van der Waals surface area contributed by atoms with Crippen molar-refractivity contribution in [2.75, 3.05) is 7.11 Å². The topological polar surface area (TPSA) is 48.1 Å². The molecule has 4 heteroatoms. The summed E-state index contributed by atoms with van der Waals surface area (Å²) in [5.74, 6) is 0.866. The van der Waals surface area contributed by atoms with E-state index in [0.717, 1.165) is 39.6 Å². The molecular weight excluding hydrogens is 316 g/mol. The normalized spacial score (nSPS) is 10.8. The summed E-state index contributed by atoms with van der Waals surface area (Å²) < 4.78 is 5.55. The van der Waals surface area contributed by atoms with Crippen LogP contribution in [0.1, 0.15) is 22.9 Å². The fourth-order valence-electron chi connectivity index (χ4n) is 2.71. The van der Waals surface area contributed by atoms with Gasteiger partial charge in [0.1, 0.15) is 10.8 Å². The van der Waals surface area contributed by atoms with Crippen molar-refractivity contribution >= 4 is 11.3 Å². The highest BCUT2D eigenvalue weighted by Crippen LogP contribution is 2.38. The highest BCUT2D eigenvalue weighted by molar-refractivity contribution is 7.15. The van der Waals surface area contributed by atoms with Crippen LogP contribution in [0.25, 0.3) is 21.8 Å². The van der Waals surface area contributed by atoms with Crippen LogP contribution in [0.3, 0.4) is 0 Å². The largest absolute Gasteiger partial charge is 0.496 e. The van der Waals surface area contributed by atoms with Gasteiger partial charge in [0, 0.05) is 22.5 Å². The first-order valence-corrected chi connectivity index (χ1v) is 8.92. The molecule has 0 bridgehead atoms. The van der Waals surface area contributed by atoms with E-state index in [4.69, 9.17) is 15.5 Å². The molecule has 0 fully saturated rings. The summed E-state index contributed by atoms with van der Waals surface area (Å²) in [4.78, 5) is 6.09. The van der Waals surface area contributed by atoms with E-state index in [-0.39, 0.29) is 0 Å². The molecule has 0 aliphatic rings. The number of hydrogen-bond donors (Lipinski definition) is 1. The van der Waals surface area contributed by atoms with Gasteiger partial charge in [0.2, 0.25) is 0 Å². The van der Waals surface area contributed by atoms with Crippen molar-refractivity contribution < 1.29 is 4.74 Å². The number of thiazole rings is 1. The first kappa shape index (κ1) is 16.7. The van der Waals surface area contributed by atoms with Crippen LogP contribution in [0.4, 0.5) is 0 Å². The molecule has 2 aromatic carbocycles. The predicted molar refractivity (Wildman–Crippen MR) is 102 cm³/mol. The fourth-order valence-corrected chi connectivity index (χ4v) is 3.65. The number of aromatic nitrogens is 1. The second-order valence-electron chi connectivity index (χ2n) is 5.71. The number of methoxy groups -OCH3 is 1. The SMILES string of the molecule is CCc1ccc(OC)c(-c2nc(-c3ccc(CN)cc3)sc2C)c1. The number of ether oxygens (including phenoxy) is 1. The molecule has 0 amide bonds. The monoisotopic (exact) mass is 338 g/mol. The van der Waals surface area contributed by atoms with Crippen LogP contribution in [0, 0.1) is 6.92 Å². The Balaban J connectivity index is 2.05. The zero-order chi connectivity index (χ0) is 17.1. The quantitative estimate of drug-likeness (QED) is 0.726. The molecule has 0 aliphatic heterocycles. The van der Waals surface area contributed by atoms with Gasteiger partial charge in [-0.15, -0.1) is 11.3 Å². The van der Waals surface area contributed by atoms with Gasteiger partial charge in [-0.25, -0.2) is 4.98 Å². The number of nitrogens with two attached hydrogens (primary N) is 1. The first-order chi connectivity index (χ1) is 11.7. The molecule has 3 rings (SSSR count). The van der Waals surface area contributed by atoms with Crippen LogP contribution in [0.5, 0.6) is 5.75 Å². The van der Waals surface area contributed by atoms with Crippen LogP contribution >= 0.6 is 11.3 Å². The van der Waals surface area contributed by atoms with Gasteiger partial charge in [0.15, 0.2) is 0 Å². The van der Waals surface area contributed by atoms with E-state index in [1.54, 1.807) is 18.4 Å². The maximum absolute atomic E-state index is 5.68. The summed E-state index contributed by atoms with van der Waals surface area (Å²) in [6.07, 6.45) is 0.994. The maximum Gasteiger partial charge on any atom is 0.128 e. The lowest BCUT2D eigenvalue weighted by Gasteiger charge is -2.09. The summed E-state index contributed by atoms with van der Waals surface area (Å²) in [5, 5.41) is 1.02. The van der Waals surface area contributed by atoms with E-state index < -0.39 is 0 Å². The van der Waals surface area contributed by atoms with Gasteiger partial charge in [-0.1, -0.05) is 37.3 Å². The predicted octanol–water partition coefficient (Wildman–Crippen LogP) is 4.82. The second kappa shape index (κ2) is 7.16. The van der Waals surface area contributed by atoms with E-state index in [2.05, 4.69) is 50.2 Å². The van der Waals surface area contributed by atoms with Gasteiger partial charge in [-0.2, -0.15) is 0 Å². The summed E-state index contributed by atoms with van der Waals surface area (Å²) >= 11 is 1.71. The molecule has 3 nitrogen and oxygen atoms in total. The molecule has 1 aromatic heterocycles. The molecule has 1 heterocycles. The van der Waals surface area contributed by atoms with E-state index in [0.29, 0.717) is 6.54 Å². The van der Waals surface area contributed by atoms with Crippen LogP contribution in [-0.2, 0) is 13.0 Å². The summed E-state index contributed by atoms with van der Waals surface area (Å²) in [6.45, 7) is 4.83. The van der Waals surface area contributed by atoms with Crippen molar-refractivity contribution in [3.63, 3.8) is 0 Å². The highest BCUT2D eigenvalue weighted by Gasteiger charge is 2.15. The van der Waals surface area contributed by atoms with E-state index in [1.807, 2.05) is 6.07 Å². The van der Waals surface area contributed by atoms with Gasteiger partial charge in [-0.3, -0.25) is 0 Å². The molecule has 0 radical (unpaired) electrons. The maximum atomic E-state index is 5.68. The van der Waals surface area contributed by atoms with Crippen molar-refractivity contribution in [1.29, 1.82) is 0 Å². The number of aryl methyl sites for hydroxylation is 2. The molecule has 0 spiro atoms. The Morgan fingerprint density at radius 2 is 1.79 bits per heavy atom. The van der Waals surface area contributed by atoms with Gasteiger partial charge in [0.25, 0.3) is 0 Å². The smallest absolute Gasteiger partial charge is 0.128 e. The molecule has 0 unspecified atom stereocenters. The minimum Gasteiger partial charge on any atom is -0.496 e. The van der Waals surface area contributed by atoms with Crippen molar-refractivity contribution in [2.24, 2.45) is 5.73 Å². The molecular formula is C20H22N2OS. The Labute approximate surface area is 147 Å². The molecule has 24 heavy (non-hydrogen) atoms. The average molecular weight is 338 g/mol. The Morgan fingerprint density at radius 3 is 2.42 bits per heavy atom. The van der Waals surface area contributed by atoms with Crippen LogP contribution in [-0.4, -0.2) is 12.1 Å². The lowest BCUT2D eigenvalue weighted by atomic mass is 10.0. The molecule has 0 saturated carbocycles. The third-order valence-corrected chi connectivity index (χ3v) is 5.18. The minimum absolute atomic E-state index is 0.559. The Kier molecular flexibility index (Phi) is 4.97. The van der Waals surface area contributed by atoms with Crippen LogP contribution in [0.15, 0.2) is 42.5 Å². The third kappa shape index (κ3) is 3.21. The van der Waals surface area contributed by atoms with Crippen molar-refractivity contribution in [2.45, 2.75) is 26.8 Å². The van der Waals surface area contributed by atoms with Gasteiger partial charge >= 0.3 is 0 Å². The first-order valence-electron chi connectivity index (χ1n) is 8.10. The summed E-state index contributed by atoms with van der Waals surface area (Å²) in [7, 11) is 1.71. The van der Waals surface area contributed by atoms with Gasteiger partial charge in [-0.05, 0) is 36.6 Å². The third-order valence-electron chi connectivity index (χ3n) is 4.16. The number of hydrogen-bond acceptors (Lipinski definition) is 4. The van der Waals surface area contributed by atoms with Crippen molar-refractivity contribution in [3.8, 4) is 27.6 Å². The van der Waals surface area contributed by atoms with E-state index in [1.165, 1.54) is 10.4 Å². The molecule has 124 valence electrons. The fraction of sp³-hybridized carbons (Fsp3) is 0.250. The van der Waals surface area contributed by atoms with E-state index >= 15 is 0 Å². The number of rotatable bonds is 5. The molecule has 0 aliphatic carbocycles. The van der Waals surface area contributed by atoms with Gasteiger partial charge < -0.3 is 10.5 Å². The van der Waals surface area contributed by atoms with Crippen LogP contribution in [0.2, 0.25) is 0 Å². The minimum atomic E-state index is 0.559. The summed E-state index contributed by atoms with van der Waals surface area (Å²) in [5.41, 5.74) is 11.3. The van der Waals surface area contributed by atoms with Crippen LogP contribution < -0.4 is 10.5 Å². The summed E-state index contributed by atoms with van der Waals surface area (Å²) in [6, 6.07) is 14.6. The molecule has 2 N–H and O–H groups in total. The average Bonchev–Trinajstić information content (AvgIpc) is 3.02. The molecule has 0 atom stereocenters. The molecule has 0 saturated heterocycles. The number of nitrogens with zero attached hydrogens (tertiary/aromatic N) is 1. The van der Waals surface area contributed by atoms with Crippen molar-refractivity contribution in [3.05, 3.63) is 58.5 Å². The Morgan fingerprint density at radius 1 is 1.08 bits per heavy atom. The van der Waals surface area contributed by atoms with Gasteiger partial charge in [0.05, 0.1) is 12.8 Å².